The van der Waals surface area contributed by atoms with E-state index < -0.39 is 5.60 Å². The Labute approximate surface area is 130 Å². The number of nitrogens with zero attached hydrogens (tertiary/aromatic N) is 3. The maximum Gasteiger partial charge on any atom is 0.410 e. The predicted molar refractivity (Wildman–Crippen MR) is 80.0 cm³/mol. The molecule has 0 bridgehead atoms. The van der Waals surface area contributed by atoms with E-state index in [-0.39, 0.29) is 17.8 Å². The molecule has 0 spiro atoms. The number of likely N-dealkylation sites (tertiary alicyclic amines) is 1. The second-order valence-corrected chi connectivity index (χ2v) is 6.46. The number of methoxy groups -OCH3 is 1. The van der Waals surface area contributed by atoms with E-state index in [4.69, 9.17) is 9.47 Å². The molecule has 1 aromatic heterocycles. The topological polar surface area (TPSA) is 73.7 Å². The molecule has 1 saturated heterocycles. The number of carbonyl (C=O) groups is 2. The number of aromatic nitrogens is 2. The van der Waals surface area contributed by atoms with E-state index in [9.17, 15) is 9.59 Å². The van der Waals surface area contributed by atoms with Gasteiger partial charge in [-0.15, -0.1) is 0 Å². The number of rotatable bonds is 3. The number of ketones is 1. The fourth-order valence-electron chi connectivity index (χ4n) is 2.51. The van der Waals surface area contributed by atoms with Gasteiger partial charge in [-0.25, -0.2) is 4.79 Å². The van der Waals surface area contributed by atoms with Gasteiger partial charge in [0.15, 0.2) is 11.5 Å². The lowest BCUT2D eigenvalue weighted by Gasteiger charge is -2.24. The summed E-state index contributed by atoms with van der Waals surface area (Å²) < 4.78 is 12.0. The van der Waals surface area contributed by atoms with Crippen molar-refractivity contribution in [3.05, 3.63) is 11.9 Å². The predicted octanol–water partition coefficient (Wildman–Crippen LogP) is 1.87. The van der Waals surface area contributed by atoms with Gasteiger partial charge in [-0.3, -0.25) is 9.48 Å². The van der Waals surface area contributed by atoms with Gasteiger partial charge in [0.25, 0.3) is 0 Å². The Morgan fingerprint density at radius 2 is 2.05 bits per heavy atom. The summed E-state index contributed by atoms with van der Waals surface area (Å²) in [6.07, 6.45) is 1.76. The lowest BCUT2D eigenvalue weighted by Crippen LogP contribution is -2.36. The first-order valence-electron chi connectivity index (χ1n) is 7.31. The van der Waals surface area contributed by atoms with Crippen LogP contribution < -0.4 is 4.74 Å². The standard InChI is InChI=1S/C15H23N3O4/c1-15(2,3)22-14(20)18-7-6-10(9-18)13(19)12-11(21-5)8-16-17(12)4/h8,10H,6-7,9H2,1-5H3. The van der Waals surface area contributed by atoms with Gasteiger partial charge >= 0.3 is 6.09 Å². The Morgan fingerprint density at radius 3 is 2.64 bits per heavy atom. The maximum atomic E-state index is 12.6. The molecular weight excluding hydrogens is 286 g/mol. The Bertz CT molecular complexity index is 574. The molecule has 7 heteroatoms. The van der Waals surface area contributed by atoms with Crippen molar-refractivity contribution in [2.45, 2.75) is 32.8 Å². The largest absolute Gasteiger partial charge is 0.493 e. The average Bonchev–Trinajstić information content (AvgIpc) is 3.02. The minimum absolute atomic E-state index is 0.0529. The van der Waals surface area contributed by atoms with Crippen LogP contribution in [0.2, 0.25) is 0 Å². The molecule has 0 radical (unpaired) electrons. The van der Waals surface area contributed by atoms with Crippen molar-refractivity contribution in [2.75, 3.05) is 20.2 Å². The number of aryl methyl sites for hydroxylation is 1. The van der Waals surface area contributed by atoms with Gasteiger partial charge in [-0.05, 0) is 27.2 Å². The molecular formula is C15H23N3O4. The maximum absolute atomic E-state index is 12.6. The van der Waals surface area contributed by atoms with Gasteiger partial charge in [0, 0.05) is 26.1 Å². The van der Waals surface area contributed by atoms with Crippen LogP contribution in [0, 0.1) is 5.92 Å². The molecule has 1 atom stereocenters. The summed E-state index contributed by atoms with van der Waals surface area (Å²) in [5, 5.41) is 4.05. The zero-order valence-electron chi connectivity index (χ0n) is 13.8. The van der Waals surface area contributed by atoms with Crippen LogP contribution in [-0.2, 0) is 11.8 Å². The Kier molecular flexibility index (Phi) is 4.44. The van der Waals surface area contributed by atoms with Crippen LogP contribution in [0.3, 0.4) is 0 Å². The van der Waals surface area contributed by atoms with Crippen molar-refractivity contribution in [3.8, 4) is 5.75 Å². The molecule has 2 rings (SSSR count). The van der Waals surface area contributed by atoms with Crippen LogP contribution in [0.25, 0.3) is 0 Å². The van der Waals surface area contributed by atoms with E-state index in [2.05, 4.69) is 5.10 Å². The highest BCUT2D eigenvalue weighted by Gasteiger charge is 2.35. The summed E-state index contributed by atoms with van der Waals surface area (Å²) in [6, 6.07) is 0. The first-order valence-corrected chi connectivity index (χ1v) is 7.31. The molecule has 0 N–H and O–H groups in total. The fraction of sp³-hybridized carbons (Fsp3) is 0.667. The zero-order valence-corrected chi connectivity index (χ0v) is 13.8. The highest BCUT2D eigenvalue weighted by Crippen LogP contribution is 2.26. The molecule has 22 heavy (non-hydrogen) atoms. The zero-order chi connectivity index (χ0) is 16.5. The van der Waals surface area contributed by atoms with Gasteiger partial charge in [-0.1, -0.05) is 0 Å². The van der Waals surface area contributed by atoms with Gasteiger partial charge in [-0.2, -0.15) is 5.10 Å². The van der Waals surface area contributed by atoms with Crippen LogP contribution in [0.5, 0.6) is 5.75 Å². The SMILES string of the molecule is COc1cnn(C)c1C(=O)C1CCN(C(=O)OC(C)(C)C)C1. The smallest absolute Gasteiger partial charge is 0.410 e. The van der Waals surface area contributed by atoms with Crippen LogP contribution in [-0.4, -0.2) is 52.4 Å². The lowest BCUT2D eigenvalue weighted by atomic mass is 10.0. The lowest BCUT2D eigenvalue weighted by molar-refractivity contribution is 0.0289. The van der Waals surface area contributed by atoms with Gasteiger partial charge in [0.05, 0.1) is 13.3 Å². The van der Waals surface area contributed by atoms with Crippen molar-refractivity contribution in [2.24, 2.45) is 13.0 Å². The fourth-order valence-corrected chi connectivity index (χ4v) is 2.51. The molecule has 7 nitrogen and oxygen atoms in total. The molecule has 1 aliphatic rings. The summed E-state index contributed by atoms with van der Waals surface area (Å²) in [4.78, 5) is 26.3. The quantitative estimate of drug-likeness (QED) is 0.797. The number of Topliss-reactive ketones (excluding diaryl/α,β-unsaturated/α-hetero) is 1. The third-order valence-corrected chi connectivity index (χ3v) is 3.57. The van der Waals surface area contributed by atoms with Crippen LogP contribution in [0.1, 0.15) is 37.7 Å². The van der Waals surface area contributed by atoms with E-state index >= 15 is 0 Å². The number of amides is 1. The van der Waals surface area contributed by atoms with Crippen molar-refractivity contribution in [3.63, 3.8) is 0 Å². The molecule has 1 aliphatic heterocycles. The van der Waals surface area contributed by atoms with Crippen LogP contribution in [0.4, 0.5) is 4.79 Å². The minimum atomic E-state index is -0.537. The molecule has 1 fully saturated rings. The van der Waals surface area contributed by atoms with Gasteiger partial charge < -0.3 is 14.4 Å². The summed E-state index contributed by atoms with van der Waals surface area (Å²) >= 11 is 0. The van der Waals surface area contributed by atoms with E-state index in [0.717, 1.165) is 0 Å². The molecule has 2 heterocycles. The van der Waals surface area contributed by atoms with Crippen LogP contribution >= 0.6 is 0 Å². The average molecular weight is 309 g/mol. The Morgan fingerprint density at radius 1 is 1.36 bits per heavy atom. The van der Waals surface area contributed by atoms with Gasteiger partial charge in [0.2, 0.25) is 0 Å². The van der Waals surface area contributed by atoms with Crippen LogP contribution in [0.15, 0.2) is 6.20 Å². The summed E-state index contributed by atoms with van der Waals surface area (Å²) in [7, 11) is 3.21. The van der Waals surface area contributed by atoms with E-state index in [1.54, 1.807) is 11.9 Å². The first kappa shape index (κ1) is 16.3. The van der Waals surface area contributed by atoms with E-state index in [1.807, 2.05) is 20.8 Å². The van der Waals surface area contributed by atoms with Gasteiger partial charge in [0.1, 0.15) is 11.3 Å². The third-order valence-electron chi connectivity index (χ3n) is 3.57. The van der Waals surface area contributed by atoms with E-state index in [1.165, 1.54) is 18.0 Å². The van der Waals surface area contributed by atoms with Crippen molar-refractivity contribution in [1.29, 1.82) is 0 Å². The number of hydrogen-bond acceptors (Lipinski definition) is 5. The molecule has 0 aliphatic carbocycles. The highest BCUT2D eigenvalue weighted by molar-refractivity contribution is 5.99. The Hall–Kier alpha value is -2.05. The summed E-state index contributed by atoms with van der Waals surface area (Å²) in [5.74, 6) is 0.156. The molecule has 1 aromatic rings. The van der Waals surface area contributed by atoms with Crippen molar-refractivity contribution >= 4 is 11.9 Å². The Balaban J connectivity index is 2.05. The number of hydrogen-bond donors (Lipinski definition) is 0. The monoisotopic (exact) mass is 309 g/mol. The summed E-state index contributed by atoms with van der Waals surface area (Å²) in [5.41, 5.74) is -0.0942. The molecule has 1 unspecified atom stereocenters. The molecule has 0 saturated carbocycles. The molecule has 122 valence electrons. The second kappa shape index (κ2) is 5.98. The van der Waals surface area contributed by atoms with E-state index in [0.29, 0.717) is 31.0 Å². The summed E-state index contributed by atoms with van der Waals surface area (Å²) in [6.45, 7) is 6.35. The first-order chi connectivity index (χ1) is 10.2. The van der Waals surface area contributed by atoms with Crippen molar-refractivity contribution in [1.82, 2.24) is 14.7 Å². The highest BCUT2D eigenvalue weighted by atomic mass is 16.6. The normalized spacial score (nSPS) is 18.4. The second-order valence-electron chi connectivity index (χ2n) is 6.46. The molecule has 1 amide bonds. The minimum Gasteiger partial charge on any atom is -0.493 e. The van der Waals surface area contributed by atoms with Crippen molar-refractivity contribution < 1.29 is 19.1 Å². The number of ether oxygens (including phenoxy) is 2. The third kappa shape index (κ3) is 3.40. The molecule has 0 aromatic carbocycles. The number of carbonyl (C=O) groups excluding carboxylic acids is 2.